The first-order valence-corrected chi connectivity index (χ1v) is 6.04. The first kappa shape index (κ1) is 15.5. The molecule has 0 bridgehead atoms. The smallest absolute Gasteiger partial charge is 0.387 e. The maximum Gasteiger partial charge on any atom is 0.387 e. The number of benzene rings is 1. The van der Waals surface area contributed by atoms with Gasteiger partial charge < -0.3 is 14.8 Å². The van der Waals surface area contributed by atoms with Crippen LogP contribution in [0.15, 0.2) is 18.2 Å². The van der Waals surface area contributed by atoms with Crippen molar-refractivity contribution in [3.05, 3.63) is 23.8 Å². The Morgan fingerprint density at radius 1 is 1.42 bits per heavy atom. The molecule has 7 heteroatoms. The summed E-state index contributed by atoms with van der Waals surface area (Å²) in [6, 6.07) is 4.63. The van der Waals surface area contributed by atoms with Crippen LogP contribution in [0.1, 0.15) is 5.56 Å². The maximum atomic E-state index is 12.1. The lowest BCUT2D eigenvalue weighted by molar-refractivity contribution is -0.118. The Hall–Kier alpha value is -1.56. The summed E-state index contributed by atoms with van der Waals surface area (Å²) in [6.07, 6.45) is 0.536. The van der Waals surface area contributed by atoms with E-state index in [0.717, 1.165) is 5.56 Å². The lowest BCUT2D eigenvalue weighted by Gasteiger charge is -2.11. The van der Waals surface area contributed by atoms with Crippen LogP contribution in [0.2, 0.25) is 0 Å². The average Bonchev–Trinajstić information content (AvgIpc) is 2.39. The van der Waals surface area contributed by atoms with Gasteiger partial charge in [-0.25, -0.2) is 0 Å². The van der Waals surface area contributed by atoms with E-state index in [1.54, 1.807) is 12.1 Å². The summed E-state index contributed by atoms with van der Waals surface area (Å²) in [6.45, 7) is -2.49. The van der Waals surface area contributed by atoms with Crippen LogP contribution in [-0.4, -0.2) is 32.1 Å². The molecule has 0 radical (unpaired) electrons. The second-order valence-corrected chi connectivity index (χ2v) is 3.86. The minimum atomic E-state index is -2.90. The average molecular weight is 294 g/mol. The second-order valence-electron chi connectivity index (χ2n) is 3.60. The monoisotopic (exact) mass is 293 g/mol. The Morgan fingerprint density at radius 2 is 2.16 bits per heavy atom. The molecule has 0 aliphatic carbocycles. The first-order valence-electron chi connectivity index (χ1n) is 5.51. The van der Waals surface area contributed by atoms with E-state index in [1.165, 1.54) is 13.2 Å². The minimum absolute atomic E-state index is 0.0222. The van der Waals surface area contributed by atoms with E-state index < -0.39 is 6.61 Å². The van der Waals surface area contributed by atoms with Crippen LogP contribution in [0.4, 0.5) is 8.78 Å². The number of nitrogens with one attached hydrogen (secondary N) is 1. The fraction of sp³-hybridized carbons (Fsp3) is 0.417. The number of carbonyl (C=O) groups is 1. The normalized spacial score (nSPS) is 10.4. The van der Waals surface area contributed by atoms with Gasteiger partial charge in [0, 0.05) is 6.54 Å². The van der Waals surface area contributed by atoms with Gasteiger partial charge in [-0.2, -0.15) is 8.78 Å². The van der Waals surface area contributed by atoms with Crippen molar-refractivity contribution in [1.82, 2.24) is 5.32 Å². The zero-order valence-corrected chi connectivity index (χ0v) is 11.0. The third-order valence-corrected chi connectivity index (χ3v) is 2.54. The highest BCUT2D eigenvalue weighted by atomic mass is 35.5. The predicted molar refractivity (Wildman–Crippen MR) is 67.1 cm³/mol. The molecule has 1 aromatic rings. The van der Waals surface area contributed by atoms with Crippen molar-refractivity contribution >= 4 is 17.5 Å². The summed E-state index contributed by atoms with van der Waals surface area (Å²) in [5, 5.41) is 2.60. The molecule has 0 unspecified atom stereocenters. The number of alkyl halides is 3. The number of carbonyl (C=O) groups excluding carboxylic acids is 1. The van der Waals surface area contributed by atoms with E-state index in [-0.39, 0.29) is 23.3 Å². The number of amides is 1. The molecule has 1 amide bonds. The summed E-state index contributed by atoms with van der Waals surface area (Å²) < 4.78 is 33.5. The molecule has 0 aliphatic heterocycles. The van der Waals surface area contributed by atoms with E-state index in [4.69, 9.17) is 16.3 Å². The molecule has 0 aliphatic rings. The molecule has 0 saturated heterocycles. The summed E-state index contributed by atoms with van der Waals surface area (Å²) >= 11 is 5.33. The Morgan fingerprint density at radius 3 is 2.74 bits per heavy atom. The molecule has 0 saturated carbocycles. The standard InChI is InChI=1S/C12H14ClF2NO3/c1-18-10-6-8(4-5-16-11(17)7-13)2-3-9(10)19-12(14)15/h2-3,6,12H,4-5,7H2,1H3,(H,16,17). The van der Waals surface area contributed by atoms with Crippen LogP contribution in [0.5, 0.6) is 11.5 Å². The molecular weight excluding hydrogens is 280 g/mol. The molecule has 1 aromatic carbocycles. The molecule has 19 heavy (non-hydrogen) atoms. The Kier molecular flexibility index (Phi) is 6.35. The van der Waals surface area contributed by atoms with Gasteiger partial charge in [-0.3, -0.25) is 4.79 Å². The van der Waals surface area contributed by atoms with Crippen LogP contribution in [-0.2, 0) is 11.2 Å². The lowest BCUT2D eigenvalue weighted by atomic mass is 10.1. The highest BCUT2D eigenvalue weighted by Crippen LogP contribution is 2.29. The van der Waals surface area contributed by atoms with Gasteiger partial charge in [0.25, 0.3) is 0 Å². The SMILES string of the molecule is COc1cc(CCNC(=O)CCl)ccc1OC(F)F. The van der Waals surface area contributed by atoms with Gasteiger partial charge in [0.2, 0.25) is 5.91 Å². The molecular formula is C12H14ClF2NO3. The van der Waals surface area contributed by atoms with Gasteiger partial charge in [-0.15, -0.1) is 11.6 Å². The van der Waals surface area contributed by atoms with E-state index in [0.29, 0.717) is 13.0 Å². The molecule has 1 rings (SSSR count). The zero-order chi connectivity index (χ0) is 14.3. The molecule has 4 nitrogen and oxygen atoms in total. The highest BCUT2D eigenvalue weighted by molar-refractivity contribution is 6.27. The van der Waals surface area contributed by atoms with Gasteiger partial charge in [-0.1, -0.05) is 6.07 Å². The van der Waals surface area contributed by atoms with Crippen molar-refractivity contribution in [3.63, 3.8) is 0 Å². The third-order valence-electron chi connectivity index (χ3n) is 2.30. The van der Waals surface area contributed by atoms with E-state index in [9.17, 15) is 13.6 Å². The van der Waals surface area contributed by atoms with Crippen molar-refractivity contribution in [2.24, 2.45) is 0 Å². The summed E-state index contributed by atoms with van der Waals surface area (Å²) in [4.78, 5) is 10.9. The van der Waals surface area contributed by atoms with Crippen LogP contribution in [0.3, 0.4) is 0 Å². The number of halogens is 3. The fourth-order valence-corrected chi connectivity index (χ4v) is 1.55. The summed E-state index contributed by atoms with van der Waals surface area (Å²) in [5.74, 6) is -0.149. The fourth-order valence-electron chi connectivity index (χ4n) is 1.45. The van der Waals surface area contributed by atoms with Crippen molar-refractivity contribution < 1.29 is 23.0 Å². The van der Waals surface area contributed by atoms with Gasteiger partial charge in [-0.05, 0) is 24.1 Å². The van der Waals surface area contributed by atoms with E-state index in [2.05, 4.69) is 10.1 Å². The molecule has 0 heterocycles. The Bertz CT molecular complexity index is 429. The van der Waals surface area contributed by atoms with Gasteiger partial charge >= 0.3 is 6.61 Å². The lowest BCUT2D eigenvalue weighted by Crippen LogP contribution is -2.26. The van der Waals surface area contributed by atoms with Gasteiger partial charge in [0.1, 0.15) is 5.88 Å². The molecule has 0 aromatic heterocycles. The minimum Gasteiger partial charge on any atom is -0.493 e. The number of hydrogen-bond donors (Lipinski definition) is 1. The Labute approximate surface area is 114 Å². The summed E-state index contributed by atoms with van der Waals surface area (Å²) in [7, 11) is 1.37. The van der Waals surface area contributed by atoms with Crippen molar-refractivity contribution in [2.45, 2.75) is 13.0 Å². The van der Waals surface area contributed by atoms with Crippen LogP contribution >= 0.6 is 11.6 Å². The molecule has 1 N–H and O–H groups in total. The Balaban J connectivity index is 2.63. The van der Waals surface area contributed by atoms with Gasteiger partial charge in [0.15, 0.2) is 11.5 Å². The zero-order valence-electron chi connectivity index (χ0n) is 10.3. The largest absolute Gasteiger partial charge is 0.493 e. The maximum absolute atomic E-state index is 12.1. The molecule has 0 spiro atoms. The number of hydrogen-bond acceptors (Lipinski definition) is 3. The molecule has 0 atom stereocenters. The van der Waals surface area contributed by atoms with Crippen LogP contribution in [0, 0.1) is 0 Å². The van der Waals surface area contributed by atoms with Crippen LogP contribution in [0.25, 0.3) is 0 Å². The molecule has 106 valence electrons. The number of ether oxygens (including phenoxy) is 2. The van der Waals surface area contributed by atoms with Gasteiger partial charge in [0.05, 0.1) is 7.11 Å². The van der Waals surface area contributed by atoms with Crippen molar-refractivity contribution in [2.75, 3.05) is 19.5 Å². The highest BCUT2D eigenvalue weighted by Gasteiger charge is 2.11. The third kappa shape index (κ3) is 5.30. The van der Waals surface area contributed by atoms with Crippen molar-refractivity contribution in [1.29, 1.82) is 0 Å². The molecule has 0 fully saturated rings. The quantitative estimate of drug-likeness (QED) is 0.784. The second kappa shape index (κ2) is 7.78. The van der Waals surface area contributed by atoms with Crippen molar-refractivity contribution in [3.8, 4) is 11.5 Å². The van der Waals surface area contributed by atoms with Crippen LogP contribution < -0.4 is 14.8 Å². The number of rotatable bonds is 7. The topological polar surface area (TPSA) is 47.6 Å². The van der Waals surface area contributed by atoms with E-state index in [1.807, 2.05) is 0 Å². The summed E-state index contributed by atoms with van der Waals surface area (Å²) in [5.41, 5.74) is 0.827. The first-order chi connectivity index (χ1) is 9.06. The number of methoxy groups -OCH3 is 1. The predicted octanol–water partition coefficient (Wildman–Crippen LogP) is 2.19. The van der Waals surface area contributed by atoms with E-state index >= 15 is 0 Å².